The number of fused-ring (bicyclic) bond motifs is 1. The van der Waals surface area contributed by atoms with Crippen LogP contribution in [0.25, 0.3) is 16.2 Å². The fourth-order valence-corrected chi connectivity index (χ4v) is 3.23. The zero-order chi connectivity index (χ0) is 16.0. The van der Waals surface area contributed by atoms with Crippen molar-refractivity contribution in [2.75, 3.05) is 4.90 Å². The maximum atomic E-state index is 11.7. The Bertz CT molecular complexity index is 899. The van der Waals surface area contributed by atoms with Gasteiger partial charge < -0.3 is 5.11 Å². The lowest BCUT2D eigenvalue weighted by Crippen LogP contribution is -2.33. The molecule has 0 aliphatic heterocycles. The summed E-state index contributed by atoms with van der Waals surface area (Å²) in [5, 5.41) is 15.7. The van der Waals surface area contributed by atoms with Crippen molar-refractivity contribution in [3.63, 3.8) is 0 Å². The monoisotopic (exact) mass is 328 g/mol. The number of aldehydes is 1. The first-order valence-corrected chi connectivity index (χ1v) is 7.97. The molecule has 1 saturated carbocycles. The summed E-state index contributed by atoms with van der Waals surface area (Å²) < 4.78 is 1.42. The third kappa shape index (κ3) is 2.27. The van der Waals surface area contributed by atoms with E-state index in [0.717, 1.165) is 17.7 Å². The third-order valence-corrected chi connectivity index (χ3v) is 4.64. The number of carbonyl (C=O) groups excluding carboxylic acids is 1. The molecule has 0 spiro atoms. The fourth-order valence-electron chi connectivity index (χ4n) is 2.54. The van der Waals surface area contributed by atoms with Crippen LogP contribution in [-0.4, -0.2) is 38.1 Å². The Morgan fingerprint density at radius 3 is 2.91 bits per heavy atom. The molecule has 0 aromatic carbocycles. The van der Waals surface area contributed by atoms with Gasteiger partial charge >= 0.3 is 6.09 Å². The van der Waals surface area contributed by atoms with Gasteiger partial charge in [-0.2, -0.15) is 9.61 Å². The minimum atomic E-state index is -1.03. The van der Waals surface area contributed by atoms with E-state index in [9.17, 15) is 14.7 Å². The van der Waals surface area contributed by atoms with E-state index in [2.05, 4.69) is 10.1 Å². The number of anilines is 1. The average Bonchev–Trinajstić information content (AvgIpc) is 3.06. The molecule has 0 bridgehead atoms. The summed E-state index contributed by atoms with van der Waals surface area (Å²) in [5.41, 5.74) is 1.34. The quantitative estimate of drug-likeness (QED) is 0.744. The average molecular weight is 328 g/mol. The molecule has 0 radical (unpaired) electrons. The standard InChI is InChI=1S/C15H12N4O3S/c20-8-9-7-16-19-13(18(15(21)22)10-3-4-10)6-11(17-14(9)19)12-2-1-5-23-12/h1-2,5-8,10H,3-4H2,(H,21,22). The largest absolute Gasteiger partial charge is 0.465 e. The van der Waals surface area contributed by atoms with Gasteiger partial charge in [0, 0.05) is 12.1 Å². The SMILES string of the molecule is O=Cc1cnn2c(N(C(=O)O)C3CC3)cc(-c3cccs3)nc12. The van der Waals surface area contributed by atoms with Gasteiger partial charge in [0.15, 0.2) is 11.9 Å². The lowest BCUT2D eigenvalue weighted by molar-refractivity contribution is 0.112. The highest BCUT2D eigenvalue weighted by Gasteiger charge is 2.36. The molecule has 1 aliphatic carbocycles. The fraction of sp³-hybridized carbons (Fsp3) is 0.200. The van der Waals surface area contributed by atoms with Crippen molar-refractivity contribution in [1.82, 2.24) is 14.6 Å². The maximum absolute atomic E-state index is 11.7. The van der Waals surface area contributed by atoms with E-state index in [0.29, 0.717) is 29.0 Å². The number of rotatable bonds is 4. The third-order valence-electron chi connectivity index (χ3n) is 3.75. The zero-order valence-corrected chi connectivity index (χ0v) is 12.7. The number of carboxylic acid groups (broad SMARTS) is 1. The van der Waals surface area contributed by atoms with Crippen LogP contribution in [0.15, 0.2) is 29.8 Å². The van der Waals surface area contributed by atoms with Crippen molar-refractivity contribution in [2.45, 2.75) is 18.9 Å². The van der Waals surface area contributed by atoms with Gasteiger partial charge in [-0.15, -0.1) is 11.3 Å². The molecule has 0 saturated heterocycles. The second-order valence-electron chi connectivity index (χ2n) is 5.31. The van der Waals surface area contributed by atoms with Crippen LogP contribution >= 0.6 is 11.3 Å². The van der Waals surface area contributed by atoms with Crippen LogP contribution < -0.4 is 4.90 Å². The topological polar surface area (TPSA) is 87.8 Å². The van der Waals surface area contributed by atoms with Crippen LogP contribution in [0.4, 0.5) is 10.6 Å². The Kier molecular flexibility index (Phi) is 3.12. The molecular formula is C15H12N4O3S. The van der Waals surface area contributed by atoms with Crippen molar-refractivity contribution in [1.29, 1.82) is 0 Å². The first-order chi connectivity index (χ1) is 11.2. The number of aromatic nitrogens is 3. The zero-order valence-electron chi connectivity index (χ0n) is 11.9. The van der Waals surface area contributed by atoms with Crippen molar-refractivity contribution in [3.05, 3.63) is 35.3 Å². The van der Waals surface area contributed by atoms with Crippen LogP contribution in [0, 0.1) is 0 Å². The molecule has 3 aromatic heterocycles. The summed E-state index contributed by atoms with van der Waals surface area (Å²) >= 11 is 1.51. The van der Waals surface area contributed by atoms with E-state index in [1.165, 1.54) is 26.9 Å². The summed E-state index contributed by atoms with van der Waals surface area (Å²) in [6.45, 7) is 0. The second kappa shape index (κ2) is 5.17. The Hall–Kier alpha value is -2.74. The van der Waals surface area contributed by atoms with Crippen LogP contribution in [0.2, 0.25) is 0 Å². The van der Waals surface area contributed by atoms with Crippen LogP contribution in [0.1, 0.15) is 23.2 Å². The van der Waals surface area contributed by atoms with Gasteiger partial charge in [-0.1, -0.05) is 6.07 Å². The molecule has 7 nitrogen and oxygen atoms in total. The van der Waals surface area contributed by atoms with E-state index < -0.39 is 6.09 Å². The molecule has 8 heteroatoms. The Balaban J connectivity index is 1.99. The van der Waals surface area contributed by atoms with Gasteiger partial charge in [0.1, 0.15) is 5.82 Å². The maximum Gasteiger partial charge on any atom is 0.413 e. The summed E-state index contributed by atoms with van der Waals surface area (Å²) in [6.07, 6.45) is 2.71. The Morgan fingerprint density at radius 1 is 1.48 bits per heavy atom. The van der Waals surface area contributed by atoms with E-state index >= 15 is 0 Å². The molecule has 3 heterocycles. The van der Waals surface area contributed by atoms with Crippen LogP contribution in [-0.2, 0) is 0 Å². The highest BCUT2D eigenvalue weighted by molar-refractivity contribution is 7.13. The highest BCUT2D eigenvalue weighted by atomic mass is 32.1. The van der Waals surface area contributed by atoms with E-state index in [4.69, 9.17) is 0 Å². The number of carbonyl (C=O) groups is 2. The smallest absolute Gasteiger partial charge is 0.413 e. The number of thiophene rings is 1. The van der Waals surface area contributed by atoms with Gasteiger partial charge in [-0.25, -0.2) is 9.78 Å². The summed E-state index contributed by atoms with van der Waals surface area (Å²) in [4.78, 5) is 29.6. The van der Waals surface area contributed by atoms with Crippen molar-refractivity contribution in [3.8, 4) is 10.6 Å². The molecule has 1 fully saturated rings. The van der Waals surface area contributed by atoms with Gasteiger partial charge in [0.2, 0.25) is 0 Å². The molecule has 0 unspecified atom stereocenters. The molecule has 4 rings (SSSR count). The van der Waals surface area contributed by atoms with E-state index in [-0.39, 0.29) is 6.04 Å². The van der Waals surface area contributed by atoms with E-state index in [1.54, 1.807) is 6.07 Å². The summed E-state index contributed by atoms with van der Waals surface area (Å²) in [7, 11) is 0. The van der Waals surface area contributed by atoms with Crippen LogP contribution in [0.5, 0.6) is 0 Å². The second-order valence-corrected chi connectivity index (χ2v) is 6.26. The number of hydrogen-bond acceptors (Lipinski definition) is 5. The minimum Gasteiger partial charge on any atom is -0.465 e. The van der Waals surface area contributed by atoms with Crippen LogP contribution in [0.3, 0.4) is 0 Å². The molecule has 1 N–H and O–H groups in total. The van der Waals surface area contributed by atoms with Gasteiger partial charge in [-0.3, -0.25) is 9.69 Å². The van der Waals surface area contributed by atoms with Gasteiger partial charge in [0.05, 0.1) is 22.3 Å². The van der Waals surface area contributed by atoms with Crippen molar-refractivity contribution >= 4 is 35.2 Å². The number of hydrogen-bond donors (Lipinski definition) is 1. The lowest BCUT2D eigenvalue weighted by atomic mass is 10.3. The summed E-state index contributed by atoms with van der Waals surface area (Å²) in [5.74, 6) is 0.418. The lowest BCUT2D eigenvalue weighted by Gasteiger charge is -2.20. The predicted molar refractivity (Wildman–Crippen MR) is 85.2 cm³/mol. The van der Waals surface area contributed by atoms with Crippen molar-refractivity contribution in [2.24, 2.45) is 0 Å². The molecule has 3 aromatic rings. The van der Waals surface area contributed by atoms with E-state index in [1.807, 2.05) is 17.5 Å². The van der Waals surface area contributed by atoms with Crippen molar-refractivity contribution < 1.29 is 14.7 Å². The minimum absolute atomic E-state index is 0.0434. The van der Waals surface area contributed by atoms with Gasteiger partial charge in [-0.05, 0) is 24.3 Å². The normalized spacial score (nSPS) is 14.1. The first kappa shape index (κ1) is 13.9. The number of amides is 1. The van der Waals surface area contributed by atoms with Gasteiger partial charge in [0.25, 0.3) is 0 Å². The predicted octanol–water partition coefficient (Wildman–Crippen LogP) is 2.92. The summed E-state index contributed by atoms with van der Waals surface area (Å²) in [6, 6.07) is 5.48. The highest BCUT2D eigenvalue weighted by Crippen LogP contribution is 2.34. The first-order valence-electron chi connectivity index (χ1n) is 7.09. The Morgan fingerprint density at radius 2 is 2.30 bits per heavy atom. The molecule has 1 amide bonds. The molecule has 1 aliphatic rings. The molecule has 116 valence electrons. The molecule has 23 heavy (non-hydrogen) atoms. The Labute approximate surface area is 134 Å². The molecular weight excluding hydrogens is 316 g/mol. The molecule has 0 atom stereocenters. The number of nitrogens with zero attached hydrogens (tertiary/aromatic N) is 4.